The smallest absolute Gasteiger partial charge is 0.381 e. The van der Waals surface area contributed by atoms with E-state index < -0.39 is 41.9 Å². The Labute approximate surface area is 149 Å². The fourth-order valence-electron chi connectivity index (χ4n) is 3.21. The topological polar surface area (TPSA) is 20.2 Å². The van der Waals surface area contributed by atoms with Crippen molar-refractivity contribution < 1.29 is 44.6 Å². The lowest BCUT2D eigenvalue weighted by atomic mass is 9.85. The molecule has 1 N–H and O–H groups in total. The Hall–Kier alpha value is -1.45. The van der Waals surface area contributed by atoms with Gasteiger partial charge in [0.15, 0.2) is 0 Å². The van der Waals surface area contributed by atoms with Crippen LogP contribution in [0, 0.1) is 5.92 Å². The van der Waals surface area contributed by atoms with Crippen molar-refractivity contribution in [2.45, 2.75) is 62.2 Å². The third-order valence-electron chi connectivity index (χ3n) is 4.70. The van der Waals surface area contributed by atoms with Crippen LogP contribution in [-0.2, 0) is 6.42 Å². The highest BCUT2D eigenvalue weighted by atomic mass is 19.4. The molecule has 154 valence electrons. The maximum atomic E-state index is 14.6. The van der Waals surface area contributed by atoms with Gasteiger partial charge in [0.25, 0.3) is 5.67 Å². The first kappa shape index (κ1) is 21.8. The SMILES string of the molecule is CC(C)Cc1ccccc1C(O)CC1(F)C(F)(F)C(F)(F)C(F)(F)C1(F)F. The monoisotopic (exact) mass is 408 g/mol. The Morgan fingerprint density at radius 3 is 1.67 bits per heavy atom. The van der Waals surface area contributed by atoms with Gasteiger partial charge in [-0.05, 0) is 23.5 Å². The van der Waals surface area contributed by atoms with Crippen molar-refractivity contribution in [1.29, 1.82) is 0 Å². The molecule has 1 aromatic carbocycles. The van der Waals surface area contributed by atoms with Crippen LogP contribution in [0.1, 0.15) is 37.5 Å². The van der Waals surface area contributed by atoms with Crippen LogP contribution < -0.4 is 0 Å². The van der Waals surface area contributed by atoms with E-state index in [9.17, 15) is 44.6 Å². The zero-order valence-corrected chi connectivity index (χ0v) is 14.2. The third kappa shape index (κ3) is 2.74. The maximum absolute atomic E-state index is 14.6. The normalized spacial score (nSPS) is 25.5. The number of aliphatic hydroxyl groups is 1. The van der Waals surface area contributed by atoms with Gasteiger partial charge in [-0.2, -0.15) is 35.1 Å². The number of rotatable bonds is 5. The average molecular weight is 408 g/mol. The molecule has 2 rings (SSSR count). The van der Waals surface area contributed by atoms with Crippen molar-refractivity contribution in [2.75, 3.05) is 0 Å². The van der Waals surface area contributed by atoms with Crippen molar-refractivity contribution in [2.24, 2.45) is 5.92 Å². The number of aliphatic hydroxyl groups excluding tert-OH is 1. The van der Waals surface area contributed by atoms with Crippen LogP contribution in [0.5, 0.6) is 0 Å². The molecule has 0 aliphatic heterocycles. The Morgan fingerprint density at radius 1 is 0.778 bits per heavy atom. The lowest BCUT2D eigenvalue weighted by Gasteiger charge is -2.33. The zero-order valence-electron chi connectivity index (χ0n) is 14.2. The predicted molar refractivity (Wildman–Crippen MR) is 78.2 cm³/mol. The first-order valence-electron chi connectivity index (χ1n) is 8.00. The van der Waals surface area contributed by atoms with E-state index in [4.69, 9.17) is 0 Å². The summed E-state index contributed by atoms with van der Waals surface area (Å²) in [6.45, 7) is 3.47. The second-order valence-corrected chi connectivity index (χ2v) is 7.12. The van der Waals surface area contributed by atoms with Gasteiger partial charge in [0.05, 0.1) is 6.10 Å². The summed E-state index contributed by atoms with van der Waals surface area (Å²) < 4.78 is 123. The molecule has 1 aliphatic rings. The Bertz CT molecular complexity index is 673. The van der Waals surface area contributed by atoms with Gasteiger partial charge in [-0.25, -0.2) is 4.39 Å². The van der Waals surface area contributed by atoms with Crippen LogP contribution in [0.3, 0.4) is 0 Å². The molecule has 0 amide bonds. The quantitative estimate of drug-likeness (QED) is 0.632. The maximum Gasteiger partial charge on any atom is 0.381 e. The molecule has 0 spiro atoms. The minimum absolute atomic E-state index is 0.0410. The van der Waals surface area contributed by atoms with Gasteiger partial charge in [-0.1, -0.05) is 38.1 Å². The Kier molecular flexibility index (Phi) is 5.08. The highest BCUT2D eigenvalue weighted by molar-refractivity contribution is 5.32. The second kappa shape index (κ2) is 6.28. The summed E-state index contributed by atoms with van der Waals surface area (Å²) in [7, 11) is 0. The largest absolute Gasteiger partial charge is 0.388 e. The number of hydrogen-bond acceptors (Lipinski definition) is 1. The van der Waals surface area contributed by atoms with Crippen LogP contribution in [0.2, 0.25) is 0 Å². The van der Waals surface area contributed by atoms with Gasteiger partial charge in [-0.15, -0.1) is 0 Å². The zero-order chi connectivity index (χ0) is 21.1. The van der Waals surface area contributed by atoms with Crippen LogP contribution in [0.25, 0.3) is 0 Å². The minimum Gasteiger partial charge on any atom is -0.388 e. The molecule has 0 aromatic heterocycles. The number of benzene rings is 1. The lowest BCUT2D eigenvalue weighted by molar-refractivity contribution is -0.303. The third-order valence-corrected chi connectivity index (χ3v) is 4.70. The summed E-state index contributed by atoms with van der Waals surface area (Å²) in [5.41, 5.74) is -5.66. The van der Waals surface area contributed by atoms with E-state index in [-0.39, 0.29) is 23.5 Å². The molecule has 10 heteroatoms. The van der Waals surface area contributed by atoms with E-state index in [0.29, 0.717) is 0 Å². The van der Waals surface area contributed by atoms with Gasteiger partial charge in [0.2, 0.25) is 0 Å². The standard InChI is InChI=1S/C17H17F9O/c1-9(2)7-10-5-3-4-6-11(10)12(27)8-13(18)14(19,20)16(23,24)17(25,26)15(13,21)22/h3-6,9,12,27H,7-8H2,1-2H3. The minimum atomic E-state index is -6.63. The molecule has 1 aliphatic carbocycles. The number of alkyl halides is 9. The molecule has 27 heavy (non-hydrogen) atoms. The van der Waals surface area contributed by atoms with Gasteiger partial charge >= 0.3 is 23.7 Å². The molecule has 0 radical (unpaired) electrons. The number of halogens is 9. The van der Waals surface area contributed by atoms with E-state index in [2.05, 4.69) is 0 Å². The van der Waals surface area contributed by atoms with Crippen molar-refractivity contribution >= 4 is 0 Å². The molecular formula is C17H17F9O. The molecule has 0 saturated heterocycles. The molecule has 1 unspecified atom stereocenters. The van der Waals surface area contributed by atoms with E-state index in [0.717, 1.165) is 6.07 Å². The van der Waals surface area contributed by atoms with E-state index in [1.807, 2.05) is 0 Å². The molecule has 1 fully saturated rings. The van der Waals surface area contributed by atoms with Gasteiger partial charge in [0, 0.05) is 6.42 Å². The molecule has 0 heterocycles. The predicted octanol–water partition coefficient (Wildman–Crippen LogP) is 5.57. The first-order chi connectivity index (χ1) is 12.0. The first-order valence-corrected chi connectivity index (χ1v) is 8.00. The van der Waals surface area contributed by atoms with Crippen molar-refractivity contribution in [3.8, 4) is 0 Å². The summed E-state index contributed by atoms with van der Waals surface area (Å²) in [5.74, 6) is -26.1. The van der Waals surface area contributed by atoms with Crippen molar-refractivity contribution in [3.63, 3.8) is 0 Å². The molecule has 1 saturated carbocycles. The molecular weight excluding hydrogens is 391 g/mol. The highest BCUT2D eigenvalue weighted by Gasteiger charge is 3.00. The lowest BCUT2D eigenvalue weighted by Crippen LogP contribution is -2.55. The summed E-state index contributed by atoms with van der Waals surface area (Å²) in [6.07, 6.45) is -4.52. The fourth-order valence-corrected chi connectivity index (χ4v) is 3.21. The molecule has 1 atom stereocenters. The van der Waals surface area contributed by atoms with E-state index in [1.165, 1.54) is 18.2 Å². The van der Waals surface area contributed by atoms with E-state index in [1.54, 1.807) is 13.8 Å². The van der Waals surface area contributed by atoms with Crippen LogP contribution >= 0.6 is 0 Å². The summed E-state index contributed by atoms with van der Waals surface area (Å²) in [4.78, 5) is 0. The van der Waals surface area contributed by atoms with Crippen LogP contribution in [0.15, 0.2) is 24.3 Å². The highest BCUT2D eigenvalue weighted by Crippen LogP contribution is 2.70. The molecule has 1 aromatic rings. The van der Waals surface area contributed by atoms with Gasteiger partial charge in [-0.3, -0.25) is 0 Å². The van der Waals surface area contributed by atoms with Crippen LogP contribution in [0.4, 0.5) is 39.5 Å². The Morgan fingerprint density at radius 2 is 1.22 bits per heavy atom. The number of hydrogen-bond donors (Lipinski definition) is 1. The summed E-state index contributed by atoms with van der Waals surface area (Å²) in [5, 5.41) is 10.0. The fraction of sp³-hybridized carbons (Fsp3) is 0.647. The average Bonchev–Trinajstić information content (AvgIpc) is 2.57. The van der Waals surface area contributed by atoms with Crippen LogP contribution in [-0.4, -0.2) is 34.5 Å². The molecule has 0 bridgehead atoms. The van der Waals surface area contributed by atoms with Gasteiger partial charge in [0.1, 0.15) is 0 Å². The van der Waals surface area contributed by atoms with Crippen molar-refractivity contribution in [1.82, 2.24) is 0 Å². The summed E-state index contributed by atoms with van der Waals surface area (Å²) in [6, 6.07) is 5.26. The Balaban J connectivity index is 2.50. The molecule has 1 nitrogen and oxygen atoms in total. The van der Waals surface area contributed by atoms with Crippen molar-refractivity contribution in [3.05, 3.63) is 35.4 Å². The van der Waals surface area contributed by atoms with Gasteiger partial charge < -0.3 is 5.11 Å². The summed E-state index contributed by atoms with van der Waals surface area (Å²) >= 11 is 0. The van der Waals surface area contributed by atoms with E-state index >= 15 is 0 Å². The second-order valence-electron chi connectivity index (χ2n) is 7.12.